The average Bonchev–Trinajstić information content (AvgIpc) is 3.03. The molecule has 0 aliphatic heterocycles. The van der Waals surface area contributed by atoms with E-state index in [1.54, 1.807) is 0 Å². The number of fused-ring (bicyclic) bond motifs is 2. The molecule has 0 saturated heterocycles. The van der Waals surface area contributed by atoms with Crippen LogP contribution in [0.4, 0.5) is 0 Å². The molecular formula is C18H15NO. The maximum absolute atomic E-state index is 5.85. The third-order valence-electron chi connectivity index (χ3n) is 3.80. The molecule has 2 aromatic carbocycles. The van der Waals surface area contributed by atoms with E-state index in [1.165, 1.54) is 27.4 Å². The molecular weight excluding hydrogens is 246 g/mol. The molecule has 0 aliphatic rings. The molecule has 2 aromatic heterocycles. The minimum absolute atomic E-state index is 0.883. The van der Waals surface area contributed by atoms with Crippen LogP contribution in [0.15, 0.2) is 59.1 Å². The van der Waals surface area contributed by atoms with Gasteiger partial charge in [0.05, 0.1) is 0 Å². The van der Waals surface area contributed by atoms with Gasteiger partial charge in [0.1, 0.15) is 11.3 Å². The van der Waals surface area contributed by atoms with Crippen LogP contribution in [0.2, 0.25) is 0 Å². The van der Waals surface area contributed by atoms with Crippen molar-refractivity contribution in [3.05, 3.63) is 71.6 Å². The molecule has 4 aromatic rings. The van der Waals surface area contributed by atoms with E-state index in [0.29, 0.717) is 0 Å². The molecule has 98 valence electrons. The molecule has 20 heavy (non-hydrogen) atoms. The Kier molecular flexibility index (Phi) is 2.43. The summed E-state index contributed by atoms with van der Waals surface area (Å²) in [6, 6.07) is 16.8. The molecule has 0 unspecified atom stereocenters. The first-order chi connectivity index (χ1) is 9.81. The highest BCUT2D eigenvalue weighted by Gasteiger charge is 2.09. The number of aromatic nitrogens is 1. The highest BCUT2D eigenvalue weighted by molar-refractivity contribution is 5.85. The lowest BCUT2D eigenvalue weighted by atomic mass is 10.0. The maximum atomic E-state index is 5.85. The van der Waals surface area contributed by atoms with Gasteiger partial charge in [-0.2, -0.15) is 0 Å². The first kappa shape index (κ1) is 11.4. The lowest BCUT2D eigenvalue weighted by molar-refractivity contribution is 0.575. The van der Waals surface area contributed by atoms with E-state index in [1.807, 2.05) is 6.92 Å². The SMILES string of the molecule is Cc1cc2cccc(Cc3c[nH]c4ccccc34)c2o1. The predicted octanol–water partition coefficient (Wildman–Crippen LogP) is 4.81. The molecule has 0 bridgehead atoms. The van der Waals surface area contributed by atoms with Gasteiger partial charge < -0.3 is 9.40 Å². The Morgan fingerprint density at radius 1 is 1.00 bits per heavy atom. The fraction of sp³-hybridized carbons (Fsp3) is 0.111. The second kappa shape index (κ2) is 4.27. The molecule has 0 atom stereocenters. The summed E-state index contributed by atoms with van der Waals surface area (Å²) in [7, 11) is 0. The molecule has 0 fully saturated rings. The van der Waals surface area contributed by atoms with Gasteiger partial charge in [-0.05, 0) is 30.2 Å². The zero-order valence-electron chi connectivity index (χ0n) is 11.3. The van der Waals surface area contributed by atoms with E-state index in [9.17, 15) is 0 Å². The molecule has 2 nitrogen and oxygen atoms in total. The first-order valence-electron chi connectivity index (χ1n) is 6.84. The maximum Gasteiger partial charge on any atom is 0.137 e. The number of H-pyrrole nitrogens is 1. The summed E-state index contributed by atoms with van der Waals surface area (Å²) in [6.07, 6.45) is 2.98. The summed E-state index contributed by atoms with van der Waals surface area (Å²) in [6.45, 7) is 2.00. The lowest BCUT2D eigenvalue weighted by Crippen LogP contribution is -1.87. The van der Waals surface area contributed by atoms with Gasteiger partial charge >= 0.3 is 0 Å². The molecule has 1 N–H and O–H groups in total. The predicted molar refractivity (Wildman–Crippen MR) is 82.1 cm³/mol. The molecule has 0 amide bonds. The number of hydrogen-bond acceptors (Lipinski definition) is 1. The number of benzene rings is 2. The summed E-state index contributed by atoms with van der Waals surface area (Å²) < 4.78 is 5.85. The lowest BCUT2D eigenvalue weighted by Gasteiger charge is -2.01. The highest BCUT2D eigenvalue weighted by atomic mass is 16.3. The second-order valence-electron chi connectivity index (χ2n) is 5.23. The molecule has 2 heteroatoms. The number of nitrogens with one attached hydrogen (secondary N) is 1. The van der Waals surface area contributed by atoms with Crippen molar-refractivity contribution in [1.82, 2.24) is 4.98 Å². The fourth-order valence-electron chi connectivity index (χ4n) is 2.87. The van der Waals surface area contributed by atoms with Crippen molar-refractivity contribution in [3.63, 3.8) is 0 Å². The summed E-state index contributed by atoms with van der Waals surface area (Å²) in [5.74, 6) is 0.964. The van der Waals surface area contributed by atoms with Crippen LogP contribution in [0, 0.1) is 6.92 Å². The Bertz CT molecular complexity index is 898. The summed E-state index contributed by atoms with van der Waals surface area (Å²) in [4.78, 5) is 3.33. The van der Waals surface area contributed by atoms with E-state index in [-0.39, 0.29) is 0 Å². The van der Waals surface area contributed by atoms with Gasteiger partial charge in [-0.15, -0.1) is 0 Å². The van der Waals surface area contributed by atoms with Gasteiger partial charge in [-0.1, -0.05) is 36.4 Å². The number of aromatic amines is 1. The number of para-hydroxylation sites is 2. The van der Waals surface area contributed by atoms with Crippen LogP contribution in [0.1, 0.15) is 16.9 Å². The number of hydrogen-bond donors (Lipinski definition) is 1. The molecule has 0 spiro atoms. The van der Waals surface area contributed by atoms with Crippen LogP contribution >= 0.6 is 0 Å². The zero-order valence-corrected chi connectivity index (χ0v) is 11.3. The second-order valence-corrected chi connectivity index (χ2v) is 5.23. The van der Waals surface area contributed by atoms with E-state index in [4.69, 9.17) is 4.42 Å². The number of furan rings is 1. The van der Waals surface area contributed by atoms with E-state index in [2.05, 4.69) is 59.7 Å². The van der Waals surface area contributed by atoms with Gasteiger partial charge in [0.25, 0.3) is 0 Å². The Hall–Kier alpha value is -2.48. The molecule has 2 heterocycles. The normalized spacial score (nSPS) is 11.4. The summed E-state index contributed by atoms with van der Waals surface area (Å²) in [5, 5.41) is 2.47. The molecule has 0 saturated carbocycles. The van der Waals surface area contributed by atoms with Gasteiger partial charge in [0.2, 0.25) is 0 Å². The standard InChI is InChI=1S/C18H15NO/c1-12-9-13-5-4-6-14(18(13)20-12)10-15-11-19-17-8-3-2-7-16(15)17/h2-9,11,19H,10H2,1H3. The first-order valence-corrected chi connectivity index (χ1v) is 6.84. The quantitative estimate of drug-likeness (QED) is 0.551. The highest BCUT2D eigenvalue weighted by Crippen LogP contribution is 2.27. The Balaban J connectivity index is 1.84. The molecule has 0 aliphatic carbocycles. The third-order valence-corrected chi connectivity index (χ3v) is 3.80. The molecule has 0 radical (unpaired) electrons. The van der Waals surface area contributed by atoms with Crippen molar-refractivity contribution in [2.75, 3.05) is 0 Å². The summed E-state index contributed by atoms with van der Waals surface area (Å²) in [5.41, 5.74) is 4.74. The van der Waals surface area contributed by atoms with Crippen LogP contribution in [-0.2, 0) is 6.42 Å². The zero-order chi connectivity index (χ0) is 13.5. The largest absolute Gasteiger partial charge is 0.461 e. The van der Waals surface area contributed by atoms with Crippen LogP contribution in [0.3, 0.4) is 0 Å². The van der Waals surface area contributed by atoms with Crippen molar-refractivity contribution in [2.45, 2.75) is 13.3 Å². The van der Waals surface area contributed by atoms with Crippen molar-refractivity contribution in [3.8, 4) is 0 Å². The minimum atomic E-state index is 0.883. The third kappa shape index (κ3) is 1.73. The Morgan fingerprint density at radius 2 is 1.90 bits per heavy atom. The van der Waals surface area contributed by atoms with Crippen LogP contribution in [0.25, 0.3) is 21.9 Å². The van der Waals surface area contributed by atoms with Gasteiger partial charge in [0, 0.05) is 28.9 Å². The topological polar surface area (TPSA) is 28.9 Å². The summed E-state index contributed by atoms with van der Waals surface area (Å²) >= 11 is 0. The monoisotopic (exact) mass is 261 g/mol. The van der Waals surface area contributed by atoms with Gasteiger partial charge in [-0.25, -0.2) is 0 Å². The van der Waals surface area contributed by atoms with E-state index in [0.717, 1.165) is 17.8 Å². The van der Waals surface area contributed by atoms with Gasteiger partial charge in [-0.3, -0.25) is 0 Å². The number of aryl methyl sites for hydroxylation is 1. The van der Waals surface area contributed by atoms with E-state index >= 15 is 0 Å². The van der Waals surface area contributed by atoms with Gasteiger partial charge in [0.15, 0.2) is 0 Å². The molecule has 4 rings (SSSR count). The van der Waals surface area contributed by atoms with Crippen molar-refractivity contribution < 1.29 is 4.42 Å². The minimum Gasteiger partial charge on any atom is -0.461 e. The van der Waals surface area contributed by atoms with Crippen LogP contribution < -0.4 is 0 Å². The van der Waals surface area contributed by atoms with E-state index < -0.39 is 0 Å². The fourth-order valence-corrected chi connectivity index (χ4v) is 2.87. The van der Waals surface area contributed by atoms with Crippen molar-refractivity contribution >= 4 is 21.9 Å². The van der Waals surface area contributed by atoms with Crippen LogP contribution in [-0.4, -0.2) is 4.98 Å². The van der Waals surface area contributed by atoms with Crippen molar-refractivity contribution in [1.29, 1.82) is 0 Å². The Morgan fingerprint density at radius 3 is 2.85 bits per heavy atom. The Labute approximate surface area is 117 Å². The number of rotatable bonds is 2. The smallest absolute Gasteiger partial charge is 0.137 e. The van der Waals surface area contributed by atoms with Crippen molar-refractivity contribution in [2.24, 2.45) is 0 Å². The average molecular weight is 261 g/mol. The van der Waals surface area contributed by atoms with Crippen LogP contribution in [0.5, 0.6) is 0 Å².